The average molecular weight is 693 g/mol. The summed E-state index contributed by atoms with van der Waals surface area (Å²) in [6.07, 6.45) is 6.69. The Hall–Kier alpha value is -2.80. The van der Waals surface area contributed by atoms with Crippen LogP contribution in [0, 0.1) is 0 Å². The largest absolute Gasteiger partial charge is 0.496 e. The van der Waals surface area contributed by atoms with Gasteiger partial charge in [-0.1, -0.05) is 18.2 Å². The molecular weight excluding hydrogens is 656 g/mol. The molecule has 3 atom stereocenters. The van der Waals surface area contributed by atoms with Crippen molar-refractivity contribution in [2.24, 2.45) is 5.73 Å². The van der Waals surface area contributed by atoms with Crippen molar-refractivity contribution in [2.75, 3.05) is 7.11 Å². The standard InChI is InChI=1S/C32H36BrF2N3O5S/c1-42-29-16-21(8-13-28(29)33)32(34,35)30(31(39)38-23-9-10-24(38)18-22(36)17-23)37-44(40,41)27-12-7-19-14-26(11-6-20(19)15-27)43-25-4-2-3-5-25/h6-8,11-16,22-25,30,37H,2-5,9-10,17-18,36H2,1H3/t22?,23?,24?,30-/m1/s1. The second-order valence-corrected chi connectivity index (χ2v) is 14.7. The third-order valence-corrected chi connectivity index (χ3v) is 11.2. The van der Waals surface area contributed by atoms with Gasteiger partial charge in [0.05, 0.1) is 22.6 Å². The van der Waals surface area contributed by atoms with Crippen LogP contribution >= 0.6 is 15.9 Å². The lowest BCUT2D eigenvalue weighted by Crippen LogP contribution is -2.60. The van der Waals surface area contributed by atoms with Gasteiger partial charge in [0, 0.05) is 23.7 Å². The van der Waals surface area contributed by atoms with E-state index in [-0.39, 0.29) is 34.9 Å². The van der Waals surface area contributed by atoms with E-state index < -0.39 is 33.5 Å². The Bertz CT molecular complexity index is 1650. The van der Waals surface area contributed by atoms with Gasteiger partial charge in [0.25, 0.3) is 5.92 Å². The maximum atomic E-state index is 16.5. The summed E-state index contributed by atoms with van der Waals surface area (Å²) in [6, 6.07) is 10.2. The summed E-state index contributed by atoms with van der Waals surface area (Å²) in [6.45, 7) is 0. The number of hydrogen-bond acceptors (Lipinski definition) is 6. The van der Waals surface area contributed by atoms with Crippen LogP contribution in [0.4, 0.5) is 8.78 Å². The van der Waals surface area contributed by atoms with Gasteiger partial charge in [-0.3, -0.25) is 4.79 Å². The Morgan fingerprint density at radius 1 is 1.00 bits per heavy atom. The van der Waals surface area contributed by atoms with Crippen molar-refractivity contribution in [1.82, 2.24) is 9.62 Å². The van der Waals surface area contributed by atoms with Crippen LogP contribution in [0.25, 0.3) is 10.8 Å². The molecular formula is C32H36BrF2N3O5S. The molecule has 1 saturated carbocycles. The van der Waals surface area contributed by atoms with E-state index in [2.05, 4.69) is 20.7 Å². The Kier molecular flexibility index (Phi) is 8.64. The highest BCUT2D eigenvalue weighted by Gasteiger charge is 2.53. The van der Waals surface area contributed by atoms with Crippen LogP contribution in [0.5, 0.6) is 11.5 Å². The van der Waals surface area contributed by atoms with Crippen molar-refractivity contribution in [3.8, 4) is 11.5 Å². The maximum absolute atomic E-state index is 16.5. The Labute approximate surface area is 264 Å². The van der Waals surface area contributed by atoms with Crippen LogP contribution in [0.1, 0.15) is 56.9 Å². The van der Waals surface area contributed by atoms with Crippen LogP contribution in [-0.4, -0.2) is 56.6 Å². The molecule has 0 aromatic heterocycles. The first-order chi connectivity index (χ1) is 21.0. The number of halogens is 3. The number of piperidine rings is 1. The van der Waals surface area contributed by atoms with Gasteiger partial charge in [0.15, 0.2) is 6.04 Å². The van der Waals surface area contributed by atoms with E-state index in [9.17, 15) is 13.2 Å². The number of nitrogens with two attached hydrogens (primary N) is 1. The summed E-state index contributed by atoms with van der Waals surface area (Å²) >= 11 is 3.26. The first kappa shape index (κ1) is 31.2. The van der Waals surface area contributed by atoms with E-state index in [0.29, 0.717) is 41.3 Å². The summed E-state index contributed by atoms with van der Waals surface area (Å²) in [5.41, 5.74) is 5.62. The van der Waals surface area contributed by atoms with E-state index in [1.54, 1.807) is 18.2 Å². The summed E-state index contributed by atoms with van der Waals surface area (Å²) < 4.78 is 74.3. The molecule has 3 aliphatic rings. The molecule has 2 bridgehead atoms. The Morgan fingerprint density at radius 3 is 2.34 bits per heavy atom. The molecule has 1 aliphatic carbocycles. The van der Waals surface area contributed by atoms with Gasteiger partial charge in [-0.25, -0.2) is 8.42 Å². The number of fused-ring (bicyclic) bond motifs is 3. The zero-order chi connectivity index (χ0) is 31.2. The van der Waals surface area contributed by atoms with Crippen molar-refractivity contribution < 1.29 is 31.5 Å². The molecule has 2 aliphatic heterocycles. The van der Waals surface area contributed by atoms with Gasteiger partial charge in [0.2, 0.25) is 15.9 Å². The number of amides is 1. The molecule has 3 aromatic rings. The minimum atomic E-state index is -4.58. The zero-order valence-corrected chi connectivity index (χ0v) is 26.8. The molecule has 8 nitrogen and oxygen atoms in total. The number of carbonyl (C=O) groups excluding carboxylic acids is 1. The summed E-state index contributed by atoms with van der Waals surface area (Å²) in [4.78, 5) is 15.2. The van der Waals surface area contributed by atoms with Crippen molar-refractivity contribution in [3.05, 3.63) is 64.6 Å². The van der Waals surface area contributed by atoms with E-state index in [1.165, 1.54) is 30.2 Å². The molecule has 1 amide bonds. The summed E-state index contributed by atoms with van der Waals surface area (Å²) in [7, 11) is -3.24. The topological polar surface area (TPSA) is 111 Å². The van der Waals surface area contributed by atoms with Crippen LogP contribution < -0.4 is 19.9 Å². The van der Waals surface area contributed by atoms with Crippen LogP contribution in [0.2, 0.25) is 0 Å². The Balaban J connectivity index is 1.33. The molecule has 44 heavy (non-hydrogen) atoms. The van der Waals surface area contributed by atoms with Gasteiger partial charge in [-0.05, 0) is 114 Å². The number of sulfonamides is 1. The monoisotopic (exact) mass is 691 g/mol. The van der Waals surface area contributed by atoms with E-state index >= 15 is 8.78 Å². The number of methoxy groups -OCH3 is 1. The molecule has 3 fully saturated rings. The summed E-state index contributed by atoms with van der Waals surface area (Å²) in [5, 5.41) is 1.35. The first-order valence-corrected chi connectivity index (χ1v) is 17.3. The van der Waals surface area contributed by atoms with Crippen molar-refractivity contribution in [3.63, 3.8) is 0 Å². The van der Waals surface area contributed by atoms with Crippen molar-refractivity contribution in [2.45, 2.75) is 92.5 Å². The number of nitrogens with zero attached hydrogens (tertiary/aromatic N) is 1. The highest BCUT2D eigenvalue weighted by molar-refractivity contribution is 9.10. The lowest BCUT2D eigenvalue weighted by Gasteiger charge is -2.41. The molecule has 12 heteroatoms. The van der Waals surface area contributed by atoms with Gasteiger partial charge >= 0.3 is 0 Å². The number of ether oxygens (including phenoxy) is 2. The lowest BCUT2D eigenvalue weighted by molar-refractivity contribution is -0.149. The quantitative estimate of drug-likeness (QED) is 0.291. The van der Waals surface area contributed by atoms with Crippen molar-refractivity contribution >= 4 is 42.6 Å². The van der Waals surface area contributed by atoms with E-state index in [0.717, 1.165) is 43.2 Å². The van der Waals surface area contributed by atoms with Crippen LogP contribution in [-0.2, 0) is 20.7 Å². The minimum Gasteiger partial charge on any atom is -0.496 e. The Morgan fingerprint density at radius 2 is 1.66 bits per heavy atom. The zero-order valence-electron chi connectivity index (χ0n) is 24.3. The fourth-order valence-electron chi connectivity index (χ4n) is 6.91. The number of carbonyl (C=O) groups is 1. The lowest BCUT2D eigenvalue weighted by atomic mass is 9.94. The predicted octanol–water partition coefficient (Wildman–Crippen LogP) is 5.85. The van der Waals surface area contributed by atoms with Gasteiger partial charge in [-0.15, -0.1) is 0 Å². The molecule has 0 spiro atoms. The fraction of sp³-hybridized carbons (Fsp3) is 0.469. The van der Waals surface area contributed by atoms with Gasteiger partial charge in [0.1, 0.15) is 11.5 Å². The second-order valence-electron chi connectivity index (χ2n) is 12.1. The van der Waals surface area contributed by atoms with Gasteiger partial charge < -0.3 is 20.1 Å². The minimum absolute atomic E-state index is 0.131. The second kappa shape index (κ2) is 12.2. The van der Waals surface area contributed by atoms with E-state index in [1.807, 2.05) is 6.07 Å². The molecule has 236 valence electrons. The fourth-order valence-corrected chi connectivity index (χ4v) is 8.54. The number of hydrogen-bond donors (Lipinski definition) is 2. The average Bonchev–Trinajstić information content (AvgIpc) is 3.60. The maximum Gasteiger partial charge on any atom is 0.298 e. The number of benzene rings is 3. The summed E-state index contributed by atoms with van der Waals surface area (Å²) in [5.74, 6) is -4.05. The molecule has 0 radical (unpaired) electrons. The van der Waals surface area contributed by atoms with Gasteiger partial charge in [-0.2, -0.15) is 13.5 Å². The normalized spacial score (nSPS) is 23.2. The third-order valence-electron chi connectivity index (χ3n) is 9.14. The third kappa shape index (κ3) is 6.05. The van der Waals surface area contributed by atoms with Crippen LogP contribution in [0.15, 0.2) is 64.0 Å². The molecule has 6 rings (SSSR count). The predicted molar refractivity (Wildman–Crippen MR) is 166 cm³/mol. The number of rotatable bonds is 9. The molecule has 2 unspecified atom stereocenters. The number of nitrogens with one attached hydrogen (secondary N) is 1. The molecule has 2 saturated heterocycles. The highest BCUT2D eigenvalue weighted by atomic mass is 79.9. The van der Waals surface area contributed by atoms with Crippen LogP contribution in [0.3, 0.4) is 0 Å². The highest BCUT2D eigenvalue weighted by Crippen LogP contribution is 2.41. The molecule has 3 aromatic carbocycles. The van der Waals surface area contributed by atoms with E-state index in [4.69, 9.17) is 15.2 Å². The first-order valence-electron chi connectivity index (χ1n) is 15.0. The molecule has 2 heterocycles. The smallest absolute Gasteiger partial charge is 0.298 e. The SMILES string of the molecule is COc1cc(C(F)(F)[C@H](NS(=O)(=O)c2ccc3cc(OC4CCCC4)ccc3c2)C(=O)N2C3CCC2CC(N)C3)ccc1Br. The molecule has 3 N–H and O–H groups in total. The number of alkyl halides is 2. The van der Waals surface area contributed by atoms with Crippen molar-refractivity contribution in [1.29, 1.82) is 0 Å².